The summed E-state index contributed by atoms with van der Waals surface area (Å²) >= 11 is 6.03. The molecule has 0 N–H and O–H groups in total. The minimum absolute atomic E-state index is 0.176. The van der Waals surface area contributed by atoms with Gasteiger partial charge in [0.1, 0.15) is 0 Å². The van der Waals surface area contributed by atoms with Crippen molar-refractivity contribution in [2.45, 2.75) is 24.7 Å². The number of nitrogens with zero attached hydrogens (tertiary/aromatic N) is 2. The van der Waals surface area contributed by atoms with Crippen LogP contribution in [0.4, 0.5) is 0 Å². The normalized spacial score (nSPS) is 20.2. The van der Waals surface area contributed by atoms with Crippen molar-refractivity contribution in [1.29, 1.82) is 0 Å². The Bertz CT molecular complexity index is 693. The van der Waals surface area contributed by atoms with Gasteiger partial charge in [-0.2, -0.15) is 4.31 Å². The summed E-state index contributed by atoms with van der Waals surface area (Å²) in [5.74, 6) is 0.356. The first-order valence-corrected chi connectivity index (χ1v) is 9.26. The lowest BCUT2D eigenvalue weighted by molar-refractivity contribution is -0.133. The standard InChI is InChI=1S/C15H19ClN2O3S/c1-11-2-5-13(10-14(11)16)22(20,21)18-8-6-17(7-9-18)15(19)12-3-4-12/h2,5,10,12H,3-4,6-9H2,1H3. The molecule has 1 aromatic rings. The van der Waals surface area contributed by atoms with Crippen molar-refractivity contribution in [3.8, 4) is 0 Å². The van der Waals surface area contributed by atoms with Gasteiger partial charge in [0, 0.05) is 37.1 Å². The maximum absolute atomic E-state index is 12.6. The quantitative estimate of drug-likeness (QED) is 0.843. The molecule has 5 nitrogen and oxygen atoms in total. The highest BCUT2D eigenvalue weighted by atomic mass is 35.5. The monoisotopic (exact) mass is 342 g/mol. The van der Waals surface area contributed by atoms with Gasteiger partial charge in [0.15, 0.2) is 0 Å². The number of benzene rings is 1. The van der Waals surface area contributed by atoms with E-state index in [0.717, 1.165) is 18.4 Å². The molecule has 2 fully saturated rings. The molecule has 1 aromatic carbocycles. The van der Waals surface area contributed by atoms with Gasteiger partial charge in [-0.1, -0.05) is 17.7 Å². The first-order chi connectivity index (χ1) is 10.4. The van der Waals surface area contributed by atoms with E-state index in [2.05, 4.69) is 0 Å². The minimum Gasteiger partial charge on any atom is -0.340 e. The van der Waals surface area contributed by atoms with Crippen molar-refractivity contribution in [1.82, 2.24) is 9.21 Å². The molecule has 0 atom stereocenters. The third kappa shape index (κ3) is 3.00. The molecule has 0 unspecified atom stereocenters. The summed E-state index contributed by atoms with van der Waals surface area (Å²) in [6.45, 7) is 3.45. The molecule has 1 heterocycles. The Balaban J connectivity index is 1.71. The molecule has 0 aromatic heterocycles. The van der Waals surface area contributed by atoms with Gasteiger partial charge in [-0.25, -0.2) is 8.42 Å². The van der Waals surface area contributed by atoms with E-state index in [1.165, 1.54) is 10.4 Å². The zero-order chi connectivity index (χ0) is 15.9. The lowest BCUT2D eigenvalue weighted by Gasteiger charge is -2.34. The predicted molar refractivity (Wildman–Crippen MR) is 84.3 cm³/mol. The van der Waals surface area contributed by atoms with Crippen molar-refractivity contribution < 1.29 is 13.2 Å². The molecular formula is C15H19ClN2O3S. The molecule has 0 spiro atoms. The second kappa shape index (κ2) is 5.83. The second-order valence-electron chi connectivity index (χ2n) is 5.91. The number of carbonyl (C=O) groups is 1. The number of hydrogen-bond acceptors (Lipinski definition) is 3. The van der Waals surface area contributed by atoms with Crippen LogP contribution < -0.4 is 0 Å². The number of hydrogen-bond donors (Lipinski definition) is 0. The SMILES string of the molecule is Cc1ccc(S(=O)(=O)N2CCN(C(=O)C3CC3)CC2)cc1Cl. The van der Waals surface area contributed by atoms with Crippen molar-refractivity contribution in [2.75, 3.05) is 26.2 Å². The fraction of sp³-hybridized carbons (Fsp3) is 0.533. The Kier molecular flexibility index (Phi) is 4.18. The molecule has 22 heavy (non-hydrogen) atoms. The van der Waals surface area contributed by atoms with Crippen LogP contribution in [0, 0.1) is 12.8 Å². The van der Waals surface area contributed by atoms with Crippen molar-refractivity contribution in [3.63, 3.8) is 0 Å². The minimum atomic E-state index is -3.54. The van der Waals surface area contributed by atoms with Gasteiger partial charge >= 0.3 is 0 Å². The van der Waals surface area contributed by atoms with Crippen molar-refractivity contribution in [2.24, 2.45) is 5.92 Å². The molecule has 2 aliphatic rings. The zero-order valence-electron chi connectivity index (χ0n) is 12.5. The van der Waals surface area contributed by atoms with Gasteiger partial charge < -0.3 is 4.90 Å². The van der Waals surface area contributed by atoms with E-state index in [0.29, 0.717) is 31.2 Å². The number of aryl methyl sites for hydroxylation is 1. The lowest BCUT2D eigenvalue weighted by atomic mass is 10.2. The smallest absolute Gasteiger partial charge is 0.243 e. The van der Waals surface area contributed by atoms with Crippen LogP contribution in [0.2, 0.25) is 5.02 Å². The fourth-order valence-electron chi connectivity index (χ4n) is 2.62. The first-order valence-electron chi connectivity index (χ1n) is 7.44. The van der Waals surface area contributed by atoms with Gasteiger partial charge in [0.25, 0.3) is 0 Å². The van der Waals surface area contributed by atoms with Crippen LogP contribution in [0.15, 0.2) is 23.1 Å². The van der Waals surface area contributed by atoms with Crippen LogP contribution in [-0.4, -0.2) is 49.7 Å². The molecule has 0 radical (unpaired) electrons. The first kappa shape index (κ1) is 15.8. The summed E-state index contributed by atoms with van der Waals surface area (Å²) in [4.78, 5) is 14.0. The summed E-state index contributed by atoms with van der Waals surface area (Å²) in [7, 11) is -3.54. The van der Waals surface area contributed by atoms with Gasteiger partial charge in [-0.05, 0) is 37.5 Å². The molecular weight excluding hydrogens is 324 g/mol. The topological polar surface area (TPSA) is 57.7 Å². The Hall–Kier alpha value is -1.11. The second-order valence-corrected chi connectivity index (χ2v) is 8.26. The van der Waals surface area contributed by atoms with E-state index < -0.39 is 10.0 Å². The fourth-order valence-corrected chi connectivity index (χ4v) is 4.31. The molecule has 120 valence electrons. The highest BCUT2D eigenvalue weighted by Gasteiger charge is 2.36. The lowest BCUT2D eigenvalue weighted by Crippen LogP contribution is -2.50. The van der Waals surface area contributed by atoms with Crippen LogP contribution in [-0.2, 0) is 14.8 Å². The van der Waals surface area contributed by atoms with Crippen LogP contribution in [0.1, 0.15) is 18.4 Å². The molecule has 1 saturated carbocycles. The Morgan fingerprint density at radius 2 is 1.82 bits per heavy atom. The number of amides is 1. The average Bonchev–Trinajstić information content (AvgIpc) is 3.34. The summed E-state index contributed by atoms with van der Waals surface area (Å²) in [6.07, 6.45) is 1.94. The maximum Gasteiger partial charge on any atom is 0.243 e. The number of halogens is 1. The summed E-state index contributed by atoms with van der Waals surface area (Å²) in [6, 6.07) is 4.79. The Morgan fingerprint density at radius 1 is 1.18 bits per heavy atom. The van der Waals surface area contributed by atoms with Crippen LogP contribution in [0.3, 0.4) is 0 Å². The van der Waals surface area contributed by atoms with E-state index in [1.54, 1.807) is 17.0 Å². The van der Waals surface area contributed by atoms with E-state index in [9.17, 15) is 13.2 Å². The molecule has 3 rings (SSSR count). The summed E-state index contributed by atoms with van der Waals surface area (Å²) in [5, 5.41) is 0.448. The molecule has 1 amide bonds. The van der Waals surface area contributed by atoms with Gasteiger partial charge in [0.05, 0.1) is 4.90 Å². The summed E-state index contributed by atoms with van der Waals surface area (Å²) < 4.78 is 26.7. The van der Waals surface area contributed by atoms with Gasteiger partial charge in [0.2, 0.25) is 15.9 Å². The largest absolute Gasteiger partial charge is 0.340 e. The Labute approximate surface area is 135 Å². The number of carbonyl (C=O) groups excluding carboxylic acids is 1. The summed E-state index contributed by atoms with van der Waals surface area (Å²) in [5.41, 5.74) is 0.848. The molecule has 7 heteroatoms. The van der Waals surface area contributed by atoms with E-state index in [-0.39, 0.29) is 16.7 Å². The van der Waals surface area contributed by atoms with Gasteiger partial charge in [-0.15, -0.1) is 0 Å². The molecule has 1 aliphatic heterocycles. The van der Waals surface area contributed by atoms with Crippen LogP contribution in [0.5, 0.6) is 0 Å². The van der Waals surface area contributed by atoms with E-state index in [1.807, 2.05) is 6.92 Å². The number of sulfonamides is 1. The van der Waals surface area contributed by atoms with Crippen LogP contribution in [0.25, 0.3) is 0 Å². The highest BCUT2D eigenvalue weighted by Crippen LogP contribution is 2.31. The van der Waals surface area contributed by atoms with Crippen LogP contribution >= 0.6 is 11.6 Å². The highest BCUT2D eigenvalue weighted by molar-refractivity contribution is 7.89. The zero-order valence-corrected chi connectivity index (χ0v) is 14.0. The van der Waals surface area contributed by atoms with Crippen molar-refractivity contribution >= 4 is 27.5 Å². The number of piperazine rings is 1. The average molecular weight is 343 g/mol. The van der Waals surface area contributed by atoms with E-state index >= 15 is 0 Å². The van der Waals surface area contributed by atoms with Crippen molar-refractivity contribution in [3.05, 3.63) is 28.8 Å². The third-order valence-corrected chi connectivity index (χ3v) is 6.56. The maximum atomic E-state index is 12.6. The Morgan fingerprint density at radius 3 is 2.36 bits per heavy atom. The molecule has 0 bridgehead atoms. The third-order valence-electron chi connectivity index (χ3n) is 4.26. The predicted octanol–water partition coefficient (Wildman–Crippen LogP) is 1.89. The van der Waals surface area contributed by atoms with E-state index in [4.69, 9.17) is 11.6 Å². The molecule has 1 aliphatic carbocycles. The number of rotatable bonds is 3. The van der Waals surface area contributed by atoms with Gasteiger partial charge in [-0.3, -0.25) is 4.79 Å². The molecule has 1 saturated heterocycles.